The lowest BCUT2D eigenvalue weighted by molar-refractivity contribution is 0.368. The molecule has 0 radical (unpaired) electrons. The maximum Gasteiger partial charge on any atom is 0.109 e. The third kappa shape index (κ3) is 2.31. The van der Waals surface area contributed by atoms with Crippen LogP contribution < -0.4 is 5.32 Å². The number of benzene rings is 1. The van der Waals surface area contributed by atoms with E-state index in [9.17, 15) is 0 Å². The summed E-state index contributed by atoms with van der Waals surface area (Å²) in [6.07, 6.45) is 3.69. The summed E-state index contributed by atoms with van der Waals surface area (Å²) in [5.41, 5.74) is 2.31. The molecule has 0 amide bonds. The molecule has 1 N–H and O–H groups in total. The molecule has 3 nitrogen and oxygen atoms in total. The van der Waals surface area contributed by atoms with Gasteiger partial charge in [-0.3, -0.25) is 0 Å². The highest BCUT2D eigenvalue weighted by Gasteiger charge is 2.17. The molecule has 0 saturated carbocycles. The summed E-state index contributed by atoms with van der Waals surface area (Å²) < 4.78 is 3.33. The molecule has 2 aromatic rings. The summed E-state index contributed by atoms with van der Waals surface area (Å²) in [6, 6.07) is 6.31. The van der Waals surface area contributed by atoms with Gasteiger partial charge in [-0.05, 0) is 50.0 Å². The number of aromatic nitrogens is 2. The van der Waals surface area contributed by atoms with Crippen LogP contribution in [0.2, 0.25) is 0 Å². The lowest BCUT2D eigenvalue weighted by Crippen LogP contribution is -2.31. The van der Waals surface area contributed by atoms with Crippen molar-refractivity contribution in [3.8, 4) is 0 Å². The molecule has 1 aliphatic heterocycles. The number of rotatable bonds is 2. The normalized spacial score (nSPS) is 20.4. The summed E-state index contributed by atoms with van der Waals surface area (Å²) in [6.45, 7) is 2.30. The van der Waals surface area contributed by atoms with Crippen LogP contribution in [0.3, 0.4) is 0 Å². The van der Waals surface area contributed by atoms with Crippen molar-refractivity contribution in [1.82, 2.24) is 14.9 Å². The first kappa shape index (κ1) is 12.2. The fourth-order valence-corrected chi connectivity index (χ4v) is 3.11. The molecule has 0 aliphatic carbocycles. The molecular formula is C14H18BrN3. The number of piperidine rings is 1. The van der Waals surface area contributed by atoms with Gasteiger partial charge in [-0.2, -0.15) is 0 Å². The van der Waals surface area contributed by atoms with Gasteiger partial charge in [0.15, 0.2) is 0 Å². The molecule has 96 valence electrons. The number of aryl methyl sites for hydroxylation is 1. The maximum absolute atomic E-state index is 4.77. The Morgan fingerprint density at radius 1 is 1.50 bits per heavy atom. The molecule has 18 heavy (non-hydrogen) atoms. The molecular weight excluding hydrogens is 290 g/mol. The fourth-order valence-electron chi connectivity index (χ4n) is 2.76. The van der Waals surface area contributed by atoms with Gasteiger partial charge in [-0.25, -0.2) is 4.98 Å². The lowest BCUT2D eigenvalue weighted by Gasteiger charge is -2.22. The van der Waals surface area contributed by atoms with Crippen LogP contribution in [-0.4, -0.2) is 22.6 Å². The summed E-state index contributed by atoms with van der Waals surface area (Å²) in [7, 11) is 2.12. The summed E-state index contributed by atoms with van der Waals surface area (Å²) in [5.74, 6) is 1.94. The first-order valence-corrected chi connectivity index (χ1v) is 7.35. The molecule has 1 aromatic heterocycles. The van der Waals surface area contributed by atoms with Gasteiger partial charge in [0.1, 0.15) is 5.82 Å². The Bertz CT molecular complexity index is 555. The number of fused-ring (bicyclic) bond motifs is 1. The second-order valence-electron chi connectivity index (χ2n) is 5.14. The molecule has 0 spiro atoms. The predicted molar refractivity (Wildman–Crippen MR) is 77.7 cm³/mol. The van der Waals surface area contributed by atoms with Crippen LogP contribution >= 0.6 is 15.9 Å². The molecule has 4 heteroatoms. The Balaban J connectivity index is 1.89. The summed E-state index contributed by atoms with van der Waals surface area (Å²) in [4.78, 5) is 4.77. The van der Waals surface area contributed by atoms with Crippen molar-refractivity contribution in [2.24, 2.45) is 13.0 Å². The molecule has 1 fully saturated rings. The van der Waals surface area contributed by atoms with Crippen molar-refractivity contribution in [3.05, 3.63) is 28.5 Å². The van der Waals surface area contributed by atoms with E-state index in [0.717, 1.165) is 28.9 Å². The van der Waals surface area contributed by atoms with Crippen LogP contribution in [0.15, 0.2) is 22.7 Å². The second kappa shape index (κ2) is 5.02. The molecule has 1 unspecified atom stereocenters. The van der Waals surface area contributed by atoms with Crippen LogP contribution in [0.1, 0.15) is 18.7 Å². The first-order chi connectivity index (χ1) is 8.74. The summed E-state index contributed by atoms with van der Waals surface area (Å²) in [5, 5.41) is 3.47. The van der Waals surface area contributed by atoms with E-state index >= 15 is 0 Å². The summed E-state index contributed by atoms with van der Waals surface area (Å²) >= 11 is 3.51. The van der Waals surface area contributed by atoms with E-state index in [1.165, 1.54) is 30.7 Å². The van der Waals surface area contributed by atoms with E-state index in [4.69, 9.17) is 4.98 Å². The number of imidazole rings is 1. The van der Waals surface area contributed by atoms with E-state index in [0.29, 0.717) is 0 Å². The van der Waals surface area contributed by atoms with Crippen LogP contribution in [-0.2, 0) is 13.5 Å². The Labute approximate surface area is 116 Å². The van der Waals surface area contributed by atoms with E-state index in [1.54, 1.807) is 0 Å². The van der Waals surface area contributed by atoms with E-state index < -0.39 is 0 Å². The minimum atomic E-state index is 0.734. The highest BCUT2D eigenvalue weighted by atomic mass is 79.9. The zero-order chi connectivity index (χ0) is 12.5. The van der Waals surface area contributed by atoms with Gasteiger partial charge < -0.3 is 9.88 Å². The van der Waals surface area contributed by atoms with Gasteiger partial charge in [-0.15, -0.1) is 0 Å². The van der Waals surface area contributed by atoms with Crippen molar-refractivity contribution < 1.29 is 0 Å². The third-order valence-electron chi connectivity index (χ3n) is 3.81. The number of nitrogens with zero attached hydrogens (tertiary/aromatic N) is 2. The molecule has 2 heterocycles. The van der Waals surface area contributed by atoms with Gasteiger partial charge in [-0.1, -0.05) is 15.9 Å². The molecule has 0 bridgehead atoms. The Morgan fingerprint density at radius 2 is 2.39 bits per heavy atom. The van der Waals surface area contributed by atoms with Crippen molar-refractivity contribution in [2.75, 3.05) is 13.1 Å². The Hall–Kier alpha value is -0.870. The first-order valence-electron chi connectivity index (χ1n) is 6.55. The average Bonchev–Trinajstić information content (AvgIpc) is 2.67. The smallest absolute Gasteiger partial charge is 0.109 e. The fraction of sp³-hybridized carbons (Fsp3) is 0.500. The molecule has 1 aromatic carbocycles. The SMILES string of the molecule is Cn1c(CC2CCCNC2)nc2cc(Br)ccc21. The molecule has 1 saturated heterocycles. The number of hydrogen-bond acceptors (Lipinski definition) is 2. The largest absolute Gasteiger partial charge is 0.331 e. The van der Waals surface area contributed by atoms with Gasteiger partial charge in [0.05, 0.1) is 11.0 Å². The molecule has 1 aliphatic rings. The van der Waals surface area contributed by atoms with Crippen molar-refractivity contribution in [1.29, 1.82) is 0 Å². The lowest BCUT2D eigenvalue weighted by atomic mass is 9.96. The van der Waals surface area contributed by atoms with E-state index in [-0.39, 0.29) is 0 Å². The van der Waals surface area contributed by atoms with Crippen LogP contribution in [0.25, 0.3) is 11.0 Å². The standard InChI is InChI=1S/C14H18BrN3/c1-18-13-5-4-11(15)8-12(13)17-14(18)7-10-3-2-6-16-9-10/h4-5,8,10,16H,2-3,6-7,9H2,1H3. The highest BCUT2D eigenvalue weighted by molar-refractivity contribution is 9.10. The average molecular weight is 308 g/mol. The predicted octanol–water partition coefficient (Wildman–Crippen LogP) is 2.88. The zero-order valence-corrected chi connectivity index (χ0v) is 12.2. The highest BCUT2D eigenvalue weighted by Crippen LogP contribution is 2.22. The zero-order valence-electron chi connectivity index (χ0n) is 10.6. The minimum absolute atomic E-state index is 0.734. The third-order valence-corrected chi connectivity index (χ3v) is 4.30. The Morgan fingerprint density at radius 3 is 3.17 bits per heavy atom. The Kier molecular flexibility index (Phi) is 3.39. The van der Waals surface area contributed by atoms with E-state index in [1.807, 2.05) is 0 Å². The molecule has 1 atom stereocenters. The van der Waals surface area contributed by atoms with Crippen molar-refractivity contribution >= 4 is 27.0 Å². The van der Waals surface area contributed by atoms with Crippen molar-refractivity contribution in [2.45, 2.75) is 19.3 Å². The number of nitrogens with one attached hydrogen (secondary N) is 1. The number of hydrogen-bond donors (Lipinski definition) is 1. The van der Waals surface area contributed by atoms with Crippen LogP contribution in [0.4, 0.5) is 0 Å². The van der Waals surface area contributed by atoms with Gasteiger partial charge in [0.2, 0.25) is 0 Å². The minimum Gasteiger partial charge on any atom is -0.331 e. The molecule has 3 rings (SSSR count). The maximum atomic E-state index is 4.77. The van der Waals surface area contributed by atoms with Crippen molar-refractivity contribution in [3.63, 3.8) is 0 Å². The second-order valence-corrected chi connectivity index (χ2v) is 6.05. The topological polar surface area (TPSA) is 29.9 Å². The van der Waals surface area contributed by atoms with Gasteiger partial charge in [0.25, 0.3) is 0 Å². The van der Waals surface area contributed by atoms with Gasteiger partial charge in [0, 0.05) is 17.9 Å². The van der Waals surface area contributed by atoms with Crippen LogP contribution in [0.5, 0.6) is 0 Å². The van der Waals surface area contributed by atoms with E-state index in [2.05, 4.69) is 51.1 Å². The van der Waals surface area contributed by atoms with Gasteiger partial charge >= 0.3 is 0 Å². The van der Waals surface area contributed by atoms with Crippen LogP contribution in [0, 0.1) is 5.92 Å². The number of halogens is 1. The quantitative estimate of drug-likeness (QED) is 0.924. The monoisotopic (exact) mass is 307 g/mol.